The lowest BCUT2D eigenvalue weighted by Gasteiger charge is -2.07. The van der Waals surface area contributed by atoms with E-state index in [1.54, 1.807) is 6.07 Å². The van der Waals surface area contributed by atoms with Crippen molar-refractivity contribution in [2.45, 2.75) is 25.4 Å². The topological polar surface area (TPSA) is 38.0 Å². The second kappa shape index (κ2) is 6.49. The highest BCUT2D eigenvalue weighted by atomic mass is 19.4. The zero-order valence-corrected chi connectivity index (χ0v) is 9.56. The summed E-state index contributed by atoms with van der Waals surface area (Å²) in [5, 5.41) is 2.99. The van der Waals surface area contributed by atoms with Gasteiger partial charge in [-0.1, -0.05) is 12.1 Å². The van der Waals surface area contributed by atoms with Crippen molar-refractivity contribution in [1.29, 1.82) is 0 Å². The SMILES string of the molecule is Nc1cccc(CCNCCCC(F)(F)F)c1. The summed E-state index contributed by atoms with van der Waals surface area (Å²) >= 11 is 0. The molecule has 1 aromatic rings. The summed E-state index contributed by atoms with van der Waals surface area (Å²) in [5.74, 6) is 0. The summed E-state index contributed by atoms with van der Waals surface area (Å²) in [6.07, 6.45) is -3.87. The second-order valence-electron chi connectivity index (χ2n) is 3.96. The van der Waals surface area contributed by atoms with Gasteiger partial charge in [-0.3, -0.25) is 0 Å². The van der Waals surface area contributed by atoms with Gasteiger partial charge in [0.1, 0.15) is 0 Å². The Morgan fingerprint density at radius 1 is 1.18 bits per heavy atom. The molecule has 96 valence electrons. The van der Waals surface area contributed by atoms with Crippen LogP contribution in [-0.2, 0) is 6.42 Å². The van der Waals surface area contributed by atoms with Crippen LogP contribution in [0.15, 0.2) is 24.3 Å². The first kappa shape index (κ1) is 13.8. The number of nitrogens with one attached hydrogen (secondary N) is 1. The molecule has 0 bridgehead atoms. The van der Waals surface area contributed by atoms with E-state index in [2.05, 4.69) is 5.32 Å². The Labute approximate surface area is 99.0 Å². The molecule has 1 rings (SSSR count). The number of nitrogens with two attached hydrogens (primary N) is 1. The van der Waals surface area contributed by atoms with E-state index < -0.39 is 12.6 Å². The molecule has 0 heterocycles. The fourth-order valence-corrected chi connectivity index (χ4v) is 1.52. The zero-order valence-electron chi connectivity index (χ0n) is 9.56. The Hall–Kier alpha value is -1.23. The standard InChI is InChI=1S/C12H17F3N2/c13-12(14,15)6-2-7-17-8-5-10-3-1-4-11(16)9-10/h1,3-4,9,17H,2,5-8,16H2. The zero-order chi connectivity index (χ0) is 12.7. The van der Waals surface area contributed by atoms with Crippen molar-refractivity contribution >= 4 is 5.69 Å². The third kappa shape index (κ3) is 6.84. The van der Waals surface area contributed by atoms with Crippen LogP contribution in [0, 0.1) is 0 Å². The van der Waals surface area contributed by atoms with Crippen molar-refractivity contribution in [2.75, 3.05) is 18.8 Å². The number of hydrogen-bond acceptors (Lipinski definition) is 2. The van der Waals surface area contributed by atoms with Crippen molar-refractivity contribution < 1.29 is 13.2 Å². The van der Waals surface area contributed by atoms with Crippen LogP contribution >= 0.6 is 0 Å². The minimum atomic E-state index is -4.05. The van der Waals surface area contributed by atoms with Gasteiger partial charge in [-0.2, -0.15) is 13.2 Å². The molecular formula is C12H17F3N2. The maximum atomic E-state index is 11.8. The number of hydrogen-bond donors (Lipinski definition) is 2. The van der Waals surface area contributed by atoms with E-state index in [4.69, 9.17) is 5.73 Å². The van der Waals surface area contributed by atoms with Gasteiger partial charge in [0, 0.05) is 12.1 Å². The van der Waals surface area contributed by atoms with E-state index in [0.717, 1.165) is 12.0 Å². The number of nitrogen functional groups attached to an aromatic ring is 1. The second-order valence-corrected chi connectivity index (χ2v) is 3.96. The average Bonchev–Trinajstić information content (AvgIpc) is 2.22. The van der Waals surface area contributed by atoms with Gasteiger partial charge in [0.25, 0.3) is 0 Å². The molecule has 0 atom stereocenters. The monoisotopic (exact) mass is 246 g/mol. The molecule has 0 saturated carbocycles. The smallest absolute Gasteiger partial charge is 0.389 e. The highest BCUT2D eigenvalue weighted by Crippen LogP contribution is 2.20. The maximum absolute atomic E-state index is 11.8. The van der Waals surface area contributed by atoms with Gasteiger partial charge in [0.2, 0.25) is 0 Å². The number of anilines is 1. The first-order valence-electron chi connectivity index (χ1n) is 5.59. The molecule has 0 amide bonds. The van der Waals surface area contributed by atoms with Crippen LogP contribution in [0.1, 0.15) is 18.4 Å². The quantitative estimate of drug-likeness (QED) is 0.598. The Bertz CT molecular complexity index is 337. The van der Waals surface area contributed by atoms with Gasteiger partial charge >= 0.3 is 6.18 Å². The van der Waals surface area contributed by atoms with Gasteiger partial charge in [0.15, 0.2) is 0 Å². The lowest BCUT2D eigenvalue weighted by Crippen LogP contribution is -2.20. The third-order valence-corrected chi connectivity index (χ3v) is 2.36. The number of alkyl halides is 3. The van der Waals surface area contributed by atoms with Crippen LogP contribution in [0.5, 0.6) is 0 Å². The molecule has 3 N–H and O–H groups in total. The molecule has 0 aliphatic heterocycles. The van der Waals surface area contributed by atoms with Crippen molar-refractivity contribution in [2.24, 2.45) is 0 Å². The lowest BCUT2D eigenvalue weighted by molar-refractivity contribution is -0.135. The number of benzene rings is 1. The van der Waals surface area contributed by atoms with E-state index in [9.17, 15) is 13.2 Å². The van der Waals surface area contributed by atoms with Crippen LogP contribution < -0.4 is 11.1 Å². The molecule has 1 aromatic carbocycles. The Kier molecular flexibility index (Phi) is 5.28. The molecule has 0 radical (unpaired) electrons. The average molecular weight is 246 g/mol. The van der Waals surface area contributed by atoms with Crippen LogP contribution in [0.3, 0.4) is 0 Å². The van der Waals surface area contributed by atoms with E-state index in [0.29, 0.717) is 18.8 Å². The molecule has 0 aliphatic carbocycles. The molecule has 5 heteroatoms. The molecule has 0 aliphatic rings. The van der Waals surface area contributed by atoms with Gasteiger partial charge in [-0.05, 0) is 43.6 Å². The number of halogens is 3. The van der Waals surface area contributed by atoms with Crippen molar-refractivity contribution in [3.8, 4) is 0 Å². The fourth-order valence-electron chi connectivity index (χ4n) is 1.52. The molecule has 0 saturated heterocycles. The summed E-state index contributed by atoms with van der Waals surface area (Å²) in [4.78, 5) is 0. The van der Waals surface area contributed by atoms with Crippen LogP contribution in [0.25, 0.3) is 0 Å². The van der Waals surface area contributed by atoms with Gasteiger partial charge < -0.3 is 11.1 Å². The predicted octanol–water partition coefficient (Wildman–Crippen LogP) is 2.74. The third-order valence-electron chi connectivity index (χ3n) is 2.36. The molecule has 0 unspecified atom stereocenters. The van der Waals surface area contributed by atoms with Crippen LogP contribution in [0.4, 0.5) is 18.9 Å². The molecule has 2 nitrogen and oxygen atoms in total. The Morgan fingerprint density at radius 2 is 1.94 bits per heavy atom. The summed E-state index contributed by atoms with van der Waals surface area (Å²) in [7, 11) is 0. The van der Waals surface area contributed by atoms with E-state index in [1.165, 1.54) is 0 Å². The van der Waals surface area contributed by atoms with E-state index >= 15 is 0 Å². The molecule has 0 aromatic heterocycles. The summed E-state index contributed by atoms with van der Waals surface area (Å²) in [6.45, 7) is 1.06. The molecule has 0 spiro atoms. The van der Waals surface area contributed by atoms with Gasteiger partial charge in [-0.15, -0.1) is 0 Å². The van der Waals surface area contributed by atoms with E-state index in [-0.39, 0.29) is 6.42 Å². The Morgan fingerprint density at radius 3 is 2.59 bits per heavy atom. The molecule has 17 heavy (non-hydrogen) atoms. The fraction of sp³-hybridized carbons (Fsp3) is 0.500. The number of rotatable bonds is 6. The van der Waals surface area contributed by atoms with Gasteiger partial charge in [0.05, 0.1) is 0 Å². The largest absolute Gasteiger partial charge is 0.399 e. The summed E-state index contributed by atoms with van der Waals surface area (Å²) < 4.78 is 35.5. The summed E-state index contributed by atoms with van der Waals surface area (Å²) in [6, 6.07) is 7.50. The molecule has 0 fully saturated rings. The predicted molar refractivity (Wildman–Crippen MR) is 62.7 cm³/mol. The summed E-state index contributed by atoms with van der Waals surface area (Å²) in [5.41, 5.74) is 7.41. The normalized spacial score (nSPS) is 11.7. The van der Waals surface area contributed by atoms with Gasteiger partial charge in [-0.25, -0.2) is 0 Å². The van der Waals surface area contributed by atoms with Crippen molar-refractivity contribution in [3.63, 3.8) is 0 Å². The lowest BCUT2D eigenvalue weighted by atomic mass is 10.1. The van der Waals surface area contributed by atoms with Crippen LogP contribution in [0.2, 0.25) is 0 Å². The highest BCUT2D eigenvalue weighted by molar-refractivity contribution is 5.40. The maximum Gasteiger partial charge on any atom is 0.389 e. The Balaban J connectivity index is 2.09. The first-order valence-corrected chi connectivity index (χ1v) is 5.59. The highest BCUT2D eigenvalue weighted by Gasteiger charge is 2.25. The van der Waals surface area contributed by atoms with E-state index in [1.807, 2.05) is 18.2 Å². The van der Waals surface area contributed by atoms with Crippen molar-refractivity contribution in [1.82, 2.24) is 5.32 Å². The molecular weight excluding hydrogens is 229 g/mol. The first-order chi connectivity index (χ1) is 7.97. The van der Waals surface area contributed by atoms with Crippen molar-refractivity contribution in [3.05, 3.63) is 29.8 Å². The minimum Gasteiger partial charge on any atom is -0.399 e. The minimum absolute atomic E-state index is 0.125. The van der Waals surface area contributed by atoms with Crippen LogP contribution in [-0.4, -0.2) is 19.3 Å².